The number of anilines is 1. The lowest BCUT2D eigenvalue weighted by atomic mass is 9.67. The van der Waals surface area contributed by atoms with Crippen LogP contribution in [0, 0.1) is 5.41 Å². The molecule has 1 saturated heterocycles. The molecule has 1 aliphatic heterocycles. The van der Waals surface area contributed by atoms with Crippen molar-refractivity contribution >= 4 is 11.6 Å². The van der Waals surface area contributed by atoms with Crippen LogP contribution in [0.3, 0.4) is 0 Å². The summed E-state index contributed by atoms with van der Waals surface area (Å²) in [4.78, 5) is 6.75. The molecule has 3 rings (SSSR count). The quantitative estimate of drug-likeness (QED) is 0.541. The van der Waals surface area contributed by atoms with Gasteiger partial charge in [0.2, 0.25) is 0 Å². The number of morpholine rings is 1. The van der Waals surface area contributed by atoms with Gasteiger partial charge < -0.3 is 25.0 Å². The molecule has 0 spiro atoms. The molecule has 150 valence electrons. The number of rotatable bonds is 8. The van der Waals surface area contributed by atoms with Gasteiger partial charge in [-0.05, 0) is 42.4 Å². The van der Waals surface area contributed by atoms with E-state index in [0.717, 1.165) is 58.4 Å². The van der Waals surface area contributed by atoms with Crippen molar-refractivity contribution in [1.29, 1.82) is 0 Å². The fraction of sp³-hybridized carbons (Fsp3) is 0.667. The lowest BCUT2D eigenvalue weighted by Crippen LogP contribution is -2.46. The maximum absolute atomic E-state index is 5.42. The summed E-state index contributed by atoms with van der Waals surface area (Å²) in [5, 5.41) is 6.95. The van der Waals surface area contributed by atoms with Crippen LogP contribution in [-0.4, -0.2) is 59.6 Å². The number of hydrogen-bond donors (Lipinski definition) is 2. The van der Waals surface area contributed by atoms with E-state index in [1.54, 1.807) is 7.11 Å². The number of benzene rings is 1. The van der Waals surface area contributed by atoms with E-state index in [1.165, 1.54) is 30.5 Å². The molecule has 0 unspecified atom stereocenters. The van der Waals surface area contributed by atoms with Crippen molar-refractivity contribution in [2.24, 2.45) is 10.4 Å². The van der Waals surface area contributed by atoms with Gasteiger partial charge >= 0.3 is 0 Å². The monoisotopic (exact) mass is 374 g/mol. The molecular formula is C21H34N4O2. The van der Waals surface area contributed by atoms with Gasteiger partial charge in [0.15, 0.2) is 5.96 Å². The smallest absolute Gasteiger partial charge is 0.191 e. The summed E-state index contributed by atoms with van der Waals surface area (Å²) in [5.74, 6) is 0.871. The largest absolute Gasteiger partial charge is 0.385 e. The first-order chi connectivity index (χ1) is 13.2. The number of guanidine groups is 1. The molecule has 0 radical (unpaired) electrons. The maximum atomic E-state index is 5.42. The van der Waals surface area contributed by atoms with Crippen LogP contribution < -0.4 is 15.5 Å². The molecule has 27 heavy (non-hydrogen) atoms. The van der Waals surface area contributed by atoms with Gasteiger partial charge in [-0.2, -0.15) is 0 Å². The SMILES string of the molecule is CN=C(NCc1ccc(N2CCOCC2)cc1)NCC1(CCOC)CCC1. The lowest BCUT2D eigenvalue weighted by molar-refractivity contribution is 0.0732. The zero-order chi connectivity index (χ0) is 19.0. The molecule has 0 bridgehead atoms. The minimum atomic E-state index is 0.382. The molecular weight excluding hydrogens is 340 g/mol. The maximum Gasteiger partial charge on any atom is 0.191 e. The summed E-state index contributed by atoms with van der Waals surface area (Å²) < 4.78 is 10.7. The minimum Gasteiger partial charge on any atom is -0.385 e. The molecule has 1 aromatic rings. The van der Waals surface area contributed by atoms with Gasteiger partial charge in [0.25, 0.3) is 0 Å². The number of aliphatic imine (C=N–C) groups is 1. The summed E-state index contributed by atoms with van der Waals surface area (Å²) in [6.45, 7) is 6.15. The molecule has 2 aliphatic rings. The predicted octanol–water partition coefficient (Wildman–Crippen LogP) is 2.39. The van der Waals surface area contributed by atoms with E-state index in [2.05, 4.69) is 44.8 Å². The Kier molecular flexibility index (Phi) is 7.35. The van der Waals surface area contributed by atoms with Crippen molar-refractivity contribution in [1.82, 2.24) is 10.6 Å². The minimum absolute atomic E-state index is 0.382. The van der Waals surface area contributed by atoms with Crippen molar-refractivity contribution in [2.75, 3.05) is 58.5 Å². The zero-order valence-electron chi connectivity index (χ0n) is 16.8. The normalized spacial score (nSPS) is 19.5. The molecule has 6 heteroatoms. The number of ether oxygens (including phenoxy) is 2. The molecule has 6 nitrogen and oxygen atoms in total. The second-order valence-electron chi connectivity index (χ2n) is 7.64. The second-order valence-corrected chi connectivity index (χ2v) is 7.64. The lowest BCUT2D eigenvalue weighted by Gasteiger charge is -2.42. The number of nitrogens with zero attached hydrogens (tertiary/aromatic N) is 2. The highest BCUT2D eigenvalue weighted by Crippen LogP contribution is 2.43. The molecule has 1 heterocycles. The standard InChI is InChI=1S/C21H34N4O2/c1-22-20(24-17-21(8-3-9-21)10-13-26-2)23-16-18-4-6-19(7-5-18)25-11-14-27-15-12-25/h4-7H,3,8-17H2,1-2H3,(H2,22,23,24). The van der Waals surface area contributed by atoms with E-state index in [1.807, 2.05) is 7.05 Å². The molecule has 2 fully saturated rings. The third-order valence-electron chi connectivity index (χ3n) is 5.88. The summed E-state index contributed by atoms with van der Waals surface area (Å²) in [6, 6.07) is 8.79. The van der Waals surface area contributed by atoms with Gasteiger partial charge in [0.1, 0.15) is 0 Å². The number of nitrogens with one attached hydrogen (secondary N) is 2. The Morgan fingerprint density at radius 2 is 1.93 bits per heavy atom. The van der Waals surface area contributed by atoms with Gasteiger partial charge in [-0.25, -0.2) is 0 Å². The zero-order valence-corrected chi connectivity index (χ0v) is 16.8. The molecule has 1 saturated carbocycles. The van der Waals surface area contributed by atoms with Crippen molar-refractivity contribution < 1.29 is 9.47 Å². The van der Waals surface area contributed by atoms with Crippen molar-refractivity contribution in [3.05, 3.63) is 29.8 Å². The van der Waals surface area contributed by atoms with Crippen LogP contribution >= 0.6 is 0 Å². The highest BCUT2D eigenvalue weighted by molar-refractivity contribution is 5.79. The van der Waals surface area contributed by atoms with Crippen LogP contribution in [0.5, 0.6) is 0 Å². The van der Waals surface area contributed by atoms with Gasteiger partial charge in [-0.3, -0.25) is 4.99 Å². The van der Waals surface area contributed by atoms with E-state index < -0.39 is 0 Å². The molecule has 1 aromatic carbocycles. The Balaban J connectivity index is 1.45. The molecule has 0 amide bonds. The van der Waals surface area contributed by atoms with E-state index in [4.69, 9.17) is 9.47 Å². The number of hydrogen-bond acceptors (Lipinski definition) is 4. The Bertz CT molecular complexity index is 593. The van der Waals surface area contributed by atoms with Crippen LogP contribution in [0.2, 0.25) is 0 Å². The summed E-state index contributed by atoms with van der Waals surface area (Å²) in [5.41, 5.74) is 2.91. The first kappa shape index (κ1) is 20.0. The molecule has 0 aromatic heterocycles. The first-order valence-electron chi connectivity index (χ1n) is 10.1. The van der Waals surface area contributed by atoms with Crippen LogP contribution in [-0.2, 0) is 16.0 Å². The summed E-state index contributed by atoms with van der Waals surface area (Å²) in [6.07, 6.45) is 5.01. The Hall–Kier alpha value is -1.79. The van der Waals surface area contributed by atoms with E-state index in [0.29, 0.717) is 5.41 Å². The van der Waals surface area contributed by atoms with Crippen molar-refractivity contribution in [3.63, 3.8) is 0 Å². The van der Waals surface area contributed by atoms with Crippen molar-refractivity contribution in [3.8, 4) is 0 Å². The Labute approximate surface area is 163 Å². The van der Waals surface area contributed by atoms with Gasteiger partial charge in [0.05, 0.1) is 13.2 Å². The van der Waals surface area contributed by atoms with Crippen LogP contribution in [0.1, 0.15) is 31.2 Å². The average molecular weight is 375 g/mol. The fourth-order valence-corrected chi connectivity index (χ4v) is 3.83. The highest BCUT2D eigenvalue weighted by atomic mass is 16.5. The van der Waals surface area contributed by atoms with Crippen LogP contribution in [0.25, 0.3) is 0 Å². The first-order valence-corrected chi connectivity index (χ1v) is 10.1. The van der Waals surface area contributed by atoms with Crippen molar-refractivity contribution in [2.45, 2.75) is 32.2 Å². The molecule has 1 aliphatic carbocycles. The van der Waals surface area contributed by atoms with E-state index >= 15 is 0 Å². The van der Waals surface area contributed by atoms with Gasteiger partial charge in [0, 0.05) is 52.6 Å². The second kappa shape index (κ2) is 9.95. The third-order valence-corrected chi connectivity index (χ3v) is 5.88. The molecule has 2 N–H and O–H groups in total. The topological polar surface area (TPSA) is 58.1 Å². The average Bonchev–Trinajstić information content (AvgIpc) is 2.70. The van der Waals surface area contributed by atoms with Gasteiger partial charge in [-0.1, -0.05) is 18.6 Å². The Morgan fingerprint density at radius 1 is 1.19 bits per heavy atom. The summed E-state index contributed by atoms with van der Waals surface area (Å²) >= 11 is 0. The van der Waals surface area contributed by atoms with Crippen LogP contribution in [0.4, 0.5) is 5.69 Å². The fourth-order valence-electron chi connectivity index (χ4n) is 3.83. The number of methoxy groups -OCH3 is 1. The Morgan fingerprint density at radius 3 is 2.52 bits per heavy atom. The predicted molar refractivity (Wildman–Crippen MR) is 110 cm³/mol. The summed E-state index contributed by atoms with van der Waals surface area (Å²) in [7, 11) is 3.62. The van der Waals surface area contributed by atoms with Gasteiger partial charge in [-0.15, -0.1) is 0 Å². The van der Waals surface area contributed by atoms with E-state index in [9.17, 15) is 0 Å². The highest BCUT2D eigenvalue weighted by Gasteiger charge is 2.36. The third kappa shape index (κ3) is 5.59. The van der Waals surface area contributed by atoms with E-state index in [-0.39, 0.29) is 0 Å². The molecule has 0 atom stereocenters. The van der Waals surface area contributed by atoms with Crippen LogP contribution in [0.15, 0.2) is 29.3 Å².